The number of aliphatic carboxylic acids is 1. The number of anilines is 1. The molecule has 0 bridgehead atoms. The minimum Gasteiger partial charge on any atom is -0.481 e. The first-order chi connectivity index (χ1) is 10.1. The fourth-order valence-electron chi connectivity index (χ4n) is 2.05. The largest absolute Gasteiger partial charge is 0.481 e. The lowest BCUT2D eigenvalue weighted by Gasteiger charge is -2.23. The van der Waals surface area contributed by atoms with E-state index in [4.69, 9.17) is 5.11 Å². The van der Waals surface area contributed by atoms with Gasteiger partial charge < -0.3 is 20.6 Å². The molecular weight excluding hydrogens is 270 g/mol. The number of carboxylic acids is 1. The predicted octanol–water partition coefficient (Wildman–Crippen LogP) is 1.02. The minimum atomic E-state index is -0.809. The quantitative estimate of drug-likeness (QED) is 0.728. The zero-order valence-corrected chi connectivity index (χ0v) is 11.7. The van der Waals surface area contributed by atoms with Crippen LogP contribution in [0.3, 0.4) is 0 Å². The number of aryl methyl sites for hydroxylation is 1. The molecule has 1 aliphatic rings. The SMILES string of the molecule is O=C(O)CCc1ccc(NC(=O)CN2C=CNCC2)cc1. The molecule has 0 unspecified atom stereocenters. The molecule has 1 amide bonds. The van der Waals surface area contributed by atoms with E-state index in [2.05, 4.69) is 10.6 Å². The van der Waals surface area contributed by atoms with Gasteiger partial charge in [0.25, 0.3) is 0 Å². The number of carboxylic acid groups (broad SMARTS) is 1. The van der Waals surface area contributed by atoms with Crippen LogP contribution in [0.2, 0.25) is 0 Å². The number of nitrogens with zero attached hydrogens (tertiary/aromatic N) is 1. The summed E-state index contributed by atoms with van der Waals surface area (Å²) in [6, 6.07) is 7.26. The Bertz CT molecular complexity index is 525. The number of benzene rings is 1. The Balaban J connectivity index is 1.81. The van der Waals surface area contributed by atoms with Gasteiger partial charge in [0, 0.05) is 37.6 Å². The standard InChI is InChI=1S/C15H19N3O3/c19-14(11-18-9-7-16-8-10-18)17-13-4-1-12(2-5-13)3-6-15(20)21/h1-2,4-5,7,9,16H,3,6,8,10-11H2,(H,17,19)(H,20,21). The van der Waals surface area contributed by atoms with E-state index in [1.54, 1.807) is 12.1 Å². The highest BCUT2D eigenvalue weighted by Gasteiger charge is 2.09. The molecule has 2 rings (SSSR count). The van der Waals surface area contributed by atoms with E-state index in [9.17, 15) is 9.59 Å². The second-order valence-corrected chi connectivity index (χ2v) is 4.88. The van der Waals surface area contributed by atoms with E-state index >= 15 is 0 Å². The molecule has 6 heteroatoms. The fourth-order valence-corrected chi connectivity index (χ4v) is 2.05. The highest BCUT2D eigenvalue weighted by molar-refractivity contribution is 5.92. The molecule has 6 nitrogen and oxygen atoms in total. The highest BCUT2D eigenvalue weighted by Crippen LogP contribution is 2.11. The Hall–Kier alpha value is -2.50. The van der Waals surface area contributed by atoms with Crippen LogP contribution in [0, 0.1) is 0 Å². The molecule has 1 heterocycles. The molecule has 1 aliphatic heterocycles. The van der Waals surface area contributed by atoms with Gasteiger partial charge in [-0.2, -0.15) is 0 Å². The third-order valence-electron chi connectivity index (χ3n) is 3.16. The van der Waals surface area contributed by atoms with Gasteiger partial charge in [0.05, 0.1) is 6.54 Å². The highest BCUT2D eigenvalue weighted by atomic mass is 16.4. The van der Waals surface area contributed by atoms with E-state index in [1.807, 2.05) is 29.4 Å². The maximum absolute atomic E-state index is 11.9. The second kappa shape index (κ2) is 7.33. The molecule has 0 spiro atoms. The van der Waals surface area contributed by atoms with Gasteiger partial charge in [0.2, 0.25) is 5.91 Å². The van der Waals surface area contributed by atoms with Crippen LogP contribution in [0.5, 0.6) is 0 Å². The number of carbonyl (C=O) groups excluding carboxylic acids is 1. The molecule has 0 fully saturated rings. The molecule has 0 atom stereocenters. The summed E-state index contributed by atoms with van der Waals surface area (Å²) in [5, 5.41) is 14.5. The van der Waals surface area contributed by atoms with Crippen molar-refractivity contribution in [3.05, 3.63) is 42.2 Å². The number of hydrogen-bond acceptors (Lipinski definition) is 4. The molecular formula is C15H19N3O3. The van der Waals surface area contributed by atoms with Crippen LogP contribution < -0.4 is 10.6 Å². The van der Waals surface area contributed by atoms with Crippen LogP contribution in [0.25, 0.3) is 0 Å². The lowest BCUT2D eigenvalue weighted by atomic mass is 10.1. The maximum atomic E-state index is 11.9. The number of carbonyl (C=O) groups is 2. The molecule has 0 radical (unpaired) electrons. The Morgan fingerprint density at radius 1 is 1.29 bits per heavy atom. The molecule has 0 aliphatic carbocycles. The van der Waals surface area contributed by atoms with Crippen molar-refractivity contribution in [2.24, 2.45) is 0 Å². The Kier molecular flexibility index (Phi) is 5.20. The number of nitrogens with one attached hydrogen (secondary N) is 2. The predicted molar refractivity (Wildman–Crippen MR) is 79.7 cm³/mol. The van der Waals surface area contributed by atoms with E-state index in [0.29, 0.717) is 13.0 Å². The first-order valence-electron chi connectivity index (χ1n) is 6.88. The van der Waals surface area contributed by atoms with Crippen LogP contribution >= 0.6 is 0 Å². The van der Waals surface area contributed by atoms with Crippen LogP contribution in [-0.2, 0) is 16.0 Å². The second-order valence-electron chi connectivity index (χ2n) is 4.88. The zero-order valence-electron chi connectivity index (χ0n) is 11.7. The molecule has 3 N–H and O–H groups in total. The van der Waals surface area contributed by atoms with Crippen molar-refractivity contribution in [3.63, 3.8) is 0 Å². The molecule has 0 saturated heterocycles. The van der Waals surface area contributed by atoms with Gasteiger partial charge in [-0.05, 0) is 24.1 Å². The monoisotopic (exact) mass is 289 g/mol. The van der Waals surface area contributed by atoms with Crippen molar-refractivity contribution in [3.8, 4) is 0 Å². The topological polar surface area (TPSA) is 81.7 Å². The summed E-state index contributed by atoms with van der Waals surface area (Å²) in [6.45, 7) is 1.96. The van der Waals surface area contributed by atoms with Gasteiger partial charge >= 0.3 is 5.97 Å². The molecule has 21 heavy (non-hydrogen) atoms. The van der Waals surface area contributed by atoms with E-state index in [-0.39, 0.29) is 12.3 Å². The molecule has 0 aromatic heterocycles. The van der Waals surface area contributed by atoms with Gasteiger partial charge in [-0.25, -0.2) is 0 Å². The van der Waals surface area contributed by atoms with Gasteiger partial charge in [0.1, 0.15) is 0 Å². The van der Waals surface area contributed by atoms with Crippen molar-refractivity contribution in [1.29, 1.82) is 0 Å². The molecule has 0 saturated carbocycles. The van der Waals surface area contributed by atoms with Crippen LogP contribution in [0.1, 0.15) is 12.0 Å². The molecule has 112 valence electrons. The summed E-state index contributed by atoms with van der Waals surface area (Å²) < 4.78 is 0. The van der Waals surface area contributed by atoms with Gasteiger partial charge in [0.15, 0.2) is 0 Å². The van der Waals surface area contributed by atoms with Crippen LogP contribution in [0.4, 0.5) is 5.69 Å². The third kappa shape index (κ3) is 5.18. The lowest BCUT2D eigenvalue weighted by molar-refractivity contribution is -0.137. The van der Waals surface area contributed by atoms with Gasteiger partial charge in [-0.15, -0.1) is 0 Å². The van der Waals surface area contributed by atoms with E-state index < -0.39 is 5.97 Å². The summed E-state index contributed by atoms with van der Waals surface area (Å²) >= 11 is 0. The van der Waals surface area contributed by atoms with Crippen molar-refractivity contribution in [1.82, 2.24) is 10.2 Å². The average Bonchev–Trinajstić information content (AvgIpc) is 2.47. The number of hydrogen-bond donors (Lipinski definition) is 3. The Morgan fingerprint density at radius 2 is 2.05 bits per heavy atom. The van der Waals surface area contributed by atoms with Crippen LogP contribution in [-0.4, -0.2) is 41.5 Å². The molecule has 1 aromatic carbocycles. The first-order valence-corrected chi connectivity index (χ1v) is 6.88. The van der Waals surface area contributed by atoms with Gasteiger partial charge in [-0.3, -0.25) is 9.59 Å². The summed E-state index contributed by atoms with van der Waals surface area (Å²) in [5.74, 6) is -0.878. The summed E-state index contributed by atoms with van der Waals surface area (Å²) in [7, 11) is 0. The zero-order chi connectivity index (χ0) is 15.1. The maximum Gasteiger partial charge on any atom is 0.303 e. The number of rotatable bonds is 6. The minimum absolute atomic E-state index is 0.0696. The summed E-state index contributed by atoms with van der Waals surface area (Å²) in [6.07, 6.45) is 4.29. The van der Waals surface area contributed by atoms with E-state index in [1.165, 1.54) is 0 Å². The van der Waals surface area contributed by atoms with Crippen molar-refractivity contribution in [2.75, 3.05) is 25.0 Å². The average molecular weight is 289 g/mol. The summed E-state index contributed by atoms with van der Waals surface area (Å²) in [5.41, 5.74) is 1.67. The Labute approximate surface area is 123 Å². The normalized spacial score (nSPS) is 13.6. The van der Waals surface area contributed by atoms with Crippen molar-refractivity contribution >= 4 is 17.6 Å². The summed E-state index contributed by atoms with van der Waals surface area (Å²) in [4.78, 5) is 24.3. The molecule has 1 aromatic rings. The van der Waals surface area contributed by atoms with Crippen LogP contribution in [0.15, 0.2) is 36.7 Å². The van der Waals surface area contributed by atoms with E-state index in [0.717, 1.165) is 24.3 Å². The van der Waals surface area contributed by atoms with Crippen molar-refractivity contribution in [2.45, 2.75) is 12.8 Å². The Morgan fingerprint density at radius 3 is 2.67 bits per heavy atom. The third-order valence-corrected chi connectivity index (χ3v) is 3.16. The van der Waals surface area contributed by atoms with Crippen molar-refractivity contribution < 1.29 is 14.7 Å². The lowest BCUT2D eigenvalue weighted by Crippen LogP contribution is -2.36. The smallest absolute Gasteiger partial charge is 0.303 e. The van der Waals surface area contributed by atoms with Gasteiger partial charge in [-0.1, -0.05) is 12.1 Å². The number of amides is 1. The fraction of sp³-hybridized carbons (Fsp3) is 0.333. The first kappa shape index (κ1) is 14.9.